The molecule has 1 aliphatic carbocycles. The lowest BCUT2D eigenvalue weighted by atomic mass is 9.93. The van der Waals surface area contributed by atoms with Crippen LogP contribution in [0.5, 0.6) is 0 Å². The maximum atomic E-state index is 11.2. The summed E-state index contributed by atoms with van der Waals surface area (Å²) in [5.74, 6) is -2.02. The van der Waals surface area contributed by atoms with Crippen molar-refractivity contribution in [2.75, 3.05) is 18.5 Å². The first kappa shape index (κ1) is 18.8. The van der Waals surface area contributed by atoms with Crippen molar-refractivity contribution in [3.05, 3.63) is 29.8 Å². The Kier molecular flexibility index (Phi) is 4.43. The Morgan fingerprint density at radius 2 is 1.81 bits per heavy atom. The first-order chi connectivity index (χ1) is 12.9. The monoisotopic (exact) mass is 368 g/mol. The van der Waals surface area contributed by atoms with Crippen LogP contribution in [-0.2, 0) is 14.3 Å². The number of carbonyl (C=O) groups excluding carboxylic acids is 1. The van der Waals surface area contributed by atoms with Gasteiger partial charge in [-0.25, -0.2) is 4.99 Å². The fourth-order valence-corrected chi connectivity index (χ4v) is 4.32. The van der Waals surface area contributed by atoms with Crippen molar-refractivity contribution in [1.29, 1.82) is 10.5 Å². The van der Waals surface area contributed by atoms with Crippen molar-refractivity contribution in [3.63, 3.8) is 0 Å². The van der Waals surface area contributed by atoms with E-state index in [0.717, 1.165) is 5.56 Å². The quantitative estimate of drug-likeness (QED) is 0.602. The molecule has 0 saturated heterocycles. The number of nitriles is 2. The molecule has 1 aliphatic heterocycles. The van der Waals surface area contributed by atoms with Gasteiger partial charge >= 0.3 is 5.91 Å². The number of fused-ring (bicyclic) bond motifs is 1. The Bertz CT molecular complexity index is 876. The average molecular weight is 368 g/mol. The maximum Gasteiger partial charge on any atom is 0.343 e. The molecule has 3 atom stereocenters. The van der Waals surface area contributed by atoms with Crippen molar-refractivity contribution in [3.8, 4) is 12.1 Å². The molecule has 1 amide bonds. The Labute approximate surface area is 157 Å². The van der Waals surface area contributed by atoms with E-state index in [1.165, 1.54) is 6.92 Å². The predicted octanol–water partition coefficient (Wildman–Crippen LogP) is -0.0596. The Morgan fingerprint density at radius 3 is 2.26 bits per heavy atom. The molecule has 1 heterocycles. The number of amides is 1. The highest BCUT2D eigenvalue weighted by Gasteiger charge is 2.97. The molecule has 0 aromatic heterocycles. The number of hydrogen-bond acceptors (Lipinski definition) is 6. The molecule has 140 valence electrons. The van der Waals surface area contributed by atoms with Crippen LogP contribution in [0, 0.1) is 33.5 Å². The van der Waals surface area contributed by atoms with Gasteiger partial charge in [-0.2, -0.15) is 10.5 Å². The molecule has 4 N–H and O–H groups in total. The minimum Gasteiger partial charge on any atom is -0.326 e. The highest BCUT2D eigenvalue weighted by Crippen LogP contribution is 2.78. The number of hydrogen-bond donors (Lipinski definition) is 3. The lowest BCUT2D eigenvalue weighted by molar-refractivity contribution is -0.693. The molecule has 1 aromatic carbocycles. The molecule has 8 nitrogen and oxygen atoms in total. The number of carbonyl (C=O) groups is 1. The molecule has 1 aromatic rings. The summed E-state index contributed by atoms with van der Waals surface area (Å²) in [5.41, 5.74) is 5.00. The van der Waals surface area contributed by atoms with Crippen LogP contribution in [0.4, 0.5) is 5.69 Å². The van der Waals surface area contributed by atoms with Gasteiger partial charge in [0, 0.05) is 18.5 Å². The number of benzene rings is 1. The number of amidine groups is 1. The van der Waals surface area contributed by atoms with Crippen LogP contribution in [0.25, 0.3) is 0 Å². The highest BCUT2D eigenvalue weighted by molar-refractivity contribution is 5.95. The molecule has 0 radical (unpaired) electrons. The van der Waals surface area contributed by atoms with Crippen LogP contribution in [0.1, 0.15) is 32.3 Å². The lowest BCUT2D eigenvalue weighted by Gasteiger charge is -2.29. The number of nitrogens with two attached hydrogens (primary N) is 1. The smallest absolute Gasteiger partial charge is 0.326 e. The first-order valence-electron chi connectivity index (χ1n) is 8.78. The summed E-state index contributed by atoms with van der Waals surface area (Å²) in [7, 11) is 0. The summed E-state index contributed by atoms with van der Waals surface area (Å²) in [6, 6.07) is 11.6. The van der Waals surface area contributed by atoms with E-state index in [2.05, 4.69) is 22.4 Å². The fourth-order valence-electron chi connectivity index (χ4n) is 4.32. The molecule has 3 rings (SSSR count). The molecule has 27 heavy (non-hydrogen) atoms. The summed E-state index contributed by atoms with van der Waals surface area (Å²) in [4.78, 5) is 14.1. The summed E-state index contributed by atoms with van der Waals surface area (Å²) in [6.07, 6.45) is 0. The molecule has 0 bridgehead atoms. The maximum absolute atomic E-state index is 11.2. The standard InChI is InChI=1S/C19H21N5O3/c1-4-26-19(27-5-2)18(11-21)15(17(18,10-20)16(22)24-19)13-6-8-14(9-7-13)23-12(3)25/h6-9,15H,4-5H2,1-3H3,(H2,22,24)(H,23,25)/p+1. The van der Waals surface area contributed by atoms with Crippen LogP contribution in [-0.4, -0.2) is 30.9 Å². The molecule has 2 aliphatic rings. The van der Waals surface area contributed by atoms with Gasteiger partial charge in [0.05, 0.1) is 25.4 Å². The van der Waals surface area contributed by atoms with Crippen LogP contribution in [0.3, 0.4) is 0 Å². The van der Waals surface area contributed by atoms with E-state index in [4.69, 9.17) is 15.2 Å². The Morgan fingerprint density at radius 1 is 1.22 bits per heavy atom. The van der Waals surface area contributed by atoms with E-state index >= 15 is 0 Å². The van der Waals surface area contributed by atoms with Gasteiger partial charge in [-0.1, -0.05) is 12.1 Å². The lowest BCUT2D eigenvalue weighted by Crippen LogP contribution is -2.91. The second-order valence-electron chi connectivity index (χ2n) is 6.60. The summed E-state index contributed by atoms with van der Waals surface area (Å²) < 4.78 is 11.7. The SMILES string of the molecule is CCOC1(OCC)[NH+]=C(N)C2(C#N)C(c3ccc(NC(C)=O)cc3)C12C#N. The molecule has 1 saturated carbocycles. The van der Waals surface area contributed by atoms with Crippen molar-refractivity contribution in [2.24, 2.45) is 16.6 Å². The zero-order valence-corrected chi connectivity index (χ0v) is 15.5. The van der Waals surface area contributed by atoms with E-state index in [1.54, 1.807) is 38.1 Å². The second kappa shape index (κ2) is 6.34. The number of ether oxygens (including phenoxy) is 2. The molecular formula is C19H22N5O3+. The zero-order valence-electron chi connectivity index (χ0n) is 15.5. The van der Waals surface area contributed by atoms with Crippen LogP contribution in [0.2, 0.25) is 0 Å². The molecule has 1 fully saturated rings. The third-order valence-corrected chi connectivity index (χ3v) is 5.26. The third-order valence-electron chi connectivity index (χ3n) is 5.26. The Balaban J connectivity index is 2.10. The van der Waals surface area contributed by atoms with E-state index in [1.807, 2.05) is 0 Å². The van der Waals surface area contributed by atoms with Gasteiger partial charge in [0.1, 0.15) is 0 Å². The topological polar surface area (TPSA) is 135 Å². The molecule has 3 unspecified atom stereocenters. The van der Waals surface area contributed by atoms with Gasteiger partial charge in [0.2, 0.25) is 5.91 Å². The molecular weight excluding hydrogens is 346 g/mol. The minimum absolute atomic E-state index is 0.171. The van der Waals surface area contributed by atoms with Crippen molar-refractivity contribution >= 4 is 17.4 Å². The minimum atomic E-state index is -1.49. The van der Waals surface area contributed by atoms with E-state index < -0.39 is 22.7 Å². The summed E-state index contributed by atoms with van der Waals surface area (Å²) >= 11 is 0. The van der Waals surface area contributed by atoms with Gasteiger partial charge in [0.15, 0.2) is 10.8 Å². The normalized spacial score (nSPS) is 29.8. The van der Waals surface area contributed by atoms with E-state index in [9.17, 15) is 15.3 Å². The third kappa shape index (κ3) is 2.21. The number of nitrogens with one attached hydrogen (secondary N) is 2. The van der Waals surface area contributed by atoms with Gasteiger partial charge in [-0.3, -0.25) is 10.5 Å². The van der Waals surface area contributed by atoms with E-state index in [-0.39, 0.29) is 25.0 Å². The first-order valence-corrected chi connectivity index (χ1v) is 8.78. The van der Waals surface area contributed by atoms with Gasteiger partial charge < -0.3 is 14.8 Å². The summed E-state index contributed by atoms with van der Waals surface area (Å²) in [5, 5.41) is 22.8. The van der Waals surface area contributed by atoms with Gasteiger partial charge in [0.25, 0.3) is 5.84 Å². The zero-order chi connectivity index (χ0) is 19.9. The van der Waals surface area contributed by atoms with Gasteiger partial charge in [-0.15, -0.1) is 0 Å². The largest absolute Gasteiger partial charge is 0.343 e. The Hall–Kier alpha value is -2.94. The van der Waals surface area contributed by atoms with Gasteiger partial charge in [-0.05, 0) is 31.5 Å². The van der Waals surface area contributed by atoms with Crippen LogP contribution < -0.4 is 16.0 Å². The second-order valence-corrected chi connectivity index (χ2v) is 6.60. The number of nitrogens with zero attached hydrogens (tertiary/aromatic N) is 2. The molecule has 0 spiro atoms. The van der Waals surface area contributed by atoms with Crippen LogP contribution in [0.15, 0.2) is 24.3 Å². The van der Waals surface area contributed by atoms with Crippen molar-refractivity contribution < 1.29 is 19.3 Å². The predicted molar refractivity (Wildman–Crippen MR) is 95.7 cm³/mol. The van der Waals surface area contributed by atoms with Crippen molar-refractivity contribution in [2.45, 2.75) is 32.6 Å². The van der Waals surface area contributed by atoms with Crippen molar-refractivity contribution in [1.82, 2.24) is 0 Å². The number of anilines is 1. The average Bonchev–Trinajstić information content (AvgIpc) is 3.21. The summed E-state index contributed by atoms with van der Waals surface area (Å²) in [6.45, 7) is 5.55. The van der Waals surface area contributed by atoms with Crippen LogP contribution >= 0.6 is 0 Å². The highest BCUT2D eigenvalue weighted by atomic mass is 16.7. The molecule has 8 heteroatoms. The van der Waals surface area contributed by atoms with E-state index in [0.29, 0.717) is 5.69 Å². The fraction of sp³-hybridized carbons (Fsp3) is 0.474. The number of rotatable bonds is 6.